The Hall–Kier alpha value is 0.154. The molecule has 0 aromatic heterocycles. The summed E-state index contributed by atoms with van der Waals surface area (Å²) in [5.74, 6) is 0. The molecule has 1 fully saturated rings. The molecule has 15 heavy (non-hydrogen) atoms. The molecule has 0 aromatic rings. The molecule has 1 aliphatic carbocycles. The predicted molar refractivity (Wildman–Crippen MR) is 66.1 cm³/mol. The van der Waals surface area contributed by atoms with Gasteiger partial charge in [0.25, 0.3) is 0 Å². The fourth-order valence-corrected chi connectivity index (χ4v) is 10.4. The summed E-state index contributed by atoms with van der Waals surface area (Å²) in [4.78, 5) is 0. The van der Waals surface area contributed by atoms with Crippen molar-refractivity contribution < 1.29 is 14.3 Å². The molecule has 0 aromatic carbocycles. The molecule has 86 valence electrons. The van der Waals surface area contributed by atoms with Crippen LogP contribution < -0.4 is 0 Å². The minimum atomic E-state index is -3.01. The number of rotatable bonds is 2. The van der Waals surface area contributed by atoms with Crippen molar-refractivity contribution in [3.63, 3.8) is 0 Å². The Morgan fingerprint density at radius 3 is 2.13 bits per heavy atom. The Morgan fingerprint density at radius 2 is 1.67 bits per heavy atom. The third-order valence-electron chi connectivity index (χ3n) is 4.73. The molecule has 1 aliphatic heterocycles. The average Bonchev–Trinajstić information content (AvgIpc) is 2.77. The Bertz CT molecular complexity index is 335. The van der Waals surface area contributed by atoms with E-state index in [2.05, 4.69) is 42.5 Å². The second kappa shape index (κ2) is 2.88. The molecular formula is C13H25NTi. The van der Waals surface area contributed by atoms with Crippen LogP contribution in [0.2, 0.25) is 20.9 Å². The van der Waals surface area contributed by atoms with E-state index in [0.29, 0.717) is 0 Å². The zero-order valence-corrected chi connectivity index (χ0v) is 12.3. The number of nitrogens with zero attached hydrogens (tertiary/aromatic N) is 1. The van der Waals surface area contributed by atoms with Crippen LogP contribution >= 0.6 is 0 Å². The van der Waals surface area contributed by atoms with Crippen LogP contribution in [0, 0.1) is 0 Å². The Morgan fingerprint density at radius 1 is 1.07 bits per heavy atom. The van der Waals surface area contributed by atoms with Crippen molar-refractivity contribution in [2.24, 2.45) is 0 Å². The third-order valence-corrected chi connectivity index (χ3v) is 14.9. The van der Waals surface area contributed by atoms with Crippen LogP contribution in [0.3, 0.4) is 0 Å². The molecule has 2 heteroatoms. The van der Waals surface area contributed by atoms with Crippen molar-refractivity contribution in [1.29, 1.82) is 0 Å². The van der Waals surface area contributed by atoms with Gasteiger partial charge in [-0.15, -0.1) is 0 Å². The number of allylic oxidation sites excluding steroid dienone is 4. The van der Waals surface area contributed by atoms with Gasteiger partial charge in [-0.2, -0.15) is 0 Å². The van der Waals surface area contributed by atoms with Crippen molar-refractivity contribution in [2.75, 3.05) is 13.1 Å². The first-order chi connectivity index (χ1) is 6.74. The van der Waals surface area contributed by atoms with Gasteiger partial charge >= 0.3 is 93.0 Å². The van der Waals surface area contributed by atoms with Crippen LogP contribution in [0.25, 0.3) is 0 Å². The summed E-state index contributed by atoms with van der Waals surface area (Å²) >= 11 is -3.01. The summed E-state index contributed by atoms with van der Waals surface area (Å²) in [7, 11) is 0. The van der Waals surface area contributed by atoms with Gasteiger partial charge in [0.15, 0.2) is 0 Å². The van der Waals surface area contributed by atoms with Crippen molar-refractivity contribution in [3.8, 4) is 0 Å². The summed E-state index contributed by atoms with van der Waals surface area (Å²) in [6.45, 7) is 2.64. The Kier molecular flexibility index (Phi) is 2.23. The minimum absolute atomic E-state index is 1.20. The van der Waals surface area contributed by atoms with Gasteiger partial charge in [0.2, 0.25) is 0 Å². The van der Waals surface area contributed by atoms with Crippen molar-refractivity contribution >= 4 is 0 Å². The Labute approximate surface area is 92.9 Å². The molecule has 0 N–H and O–H groups in total. The van der Waals surface area contributed by atoms with Gasteiger partial charge in [-0.1, -0.05) is 0 Å². The van der Waals surface area contributed by atoms with Crippen LogP contribution in [0.1, 0.15) is 19.3 Å². The second-order valence-electron chi connectivity index (χ2n) is 8.02. The predicted octanol–water partition coefficient (Wildman–Crippen LogP) is 4.26. The molecule has 0 atom stereocenters. The normalized spacial score (nSPS) is 27.6. The second-order valence-corrected chi connectivity index (χ2v) is 25.7. The standard InChI is InChI=1S/C5H5.C4H8N.4CH3.Ti/c2*1-2-4-5-3-1;;;;;/h1-3H,4H2;1-4H2;4*1H3;/q;-1;;;;;+1. The van der Waals surface area contributed by atoms with Crippen LogP contribution in [0.15, 0.2) is 22.1 Å². The van der Waals surface area contributed by atoms with Gasteiger partial charge in [-0.25, -0.2) is 0 Å². The van der Waals surface area contributed by atoms with E-state index in [0.717, 1.165) is 0 Å². The molecule has 1 nitrogen and oxygen atoms in total. The summed E-state index contributed by atoms with van der Waals surface area (Å²) in [5.41, 5.74) is 0. The first-order valence-corrected chi connectivity index (χ1v) is 14.0. The van der Waals surface area contributed by atoms with E-state index >= 15 is 0 Å². The molecule has 0 unspecified atom stereocenters. The first-order valence-electron chi connectivity index (χ1n) is 6.32. The van der Waals surface area contributed by atoms with Crippen LogP contribution in [0.4, 0.5) is 0 Å². The average molecular weight is 243 g/mol. The molecule has 2 rings (SSSR count). The van der Waals surface area contributed by atoms with Gasteiger partial charge < -0.3 is 0 Å². The monoisotopic (exact) mass is 243 g/mol. The Balaban J connectivity index is 2.42. The topological polar surface area (TPSA) is 3.24 Å². The van der Waals surface area contributed by atoms with Gasteiger partial charge in [0.1, 0.15) is 0 Å². The van der Waals surface area contributed by atoms with E-state index in [1.54, 1.807) is 3.88 Å². The van der Waals surface area contributed by atoms with E-state index in [9.17, 15) is 0 Å². The fourth-order valence-electron chi connectivity index (χ4n) is 3.20. The van der Waals surface area contributed by atoms with Gasteiger partial charge in [-0.05, 0) is 0 Å². The molecule has 0 spiro atoms. The summed E-state index contributed by atoms with van der Waals surface area (Å²) < 4.78 is 4.58. The van der Waals surface area contributed by atoms with Crippen LogP contribution in [-0.2, 0) is 14.3 Å². The molecular weight excluding hydrogens is 218 g/mol. The first kappa shape index (κ1) is 11.6. The maximum atomic E-state index is 2.85. The van der Waals surface area contributed by atoms with Crippen LogP contribution in [-0.4, -0.2) is 16.5 Å². The summed E-state index contributed by atoms with van der Waals surface area (Å²) in [6.07, 6.45) is 10.9. The zero-order valence-electron chi connectivity index (χ0n) is 10.7. The van der Waals surface area contributed by atoms with Crippen molar-refractivity contribution in [1.82, 2.24) is 3.38 Å². The molecule has 1 heterocycles. The molecule has 2 aliphatic rings. The van der Waals surface area contributed by atoms with E-state index in [-0.39, 0.29) is 0 Å². The molecule has 0 bridgehead atoms. The van der Waals surface area contributed by atoms with Gasteiger partial charge in [0, 0.05) is 0 Å². The quantitative estimate of drug-likeness (QED) is 0.655. The molecule has 0 amide bonds. The van der Waals surface area contributed by atoms with Gasteiger partial charge in [0.05, 0.1) is 0 Å². The third kappa shape index (κ3) is 1.79. The van der Waals surface area contributed by atoms with E-state index in [1.807, 2.05) is 0 Å². The van der Waals surface area contributed by atoms with Gasteiger partial charge in [-0.3, -0.25) is 0 Å². The molecule has 0 saturated carbocycles. The SMILES string of the molecule is [CH3][Ti]([CH3])([CH3])([CH3])([C]1=CC=CC1)[N]1CCCC1. The fraction of sp³-hybridized carbons (Fsp3) is 0.692. The molecule has 0 radical (unpaired) electrons. The maximum absolute atomic E-state index is 3.01. The van der Waals surface area contributed by atoms with Crippen molar-refractivity contribution in [3.05, 3.63) is 22.1 Å². The summed E-state index contributed by atoms with van der Waals surface area (Å²) in [5, 5.41) is 10.3. The molecule has 1 saturated heterocycles. The zero-order chi connectivity index (χ0) is 11.2. The van der Waals surface area contributed by atoms with E-state index < -0.39 is 14.3 Å². The van der Waals surface area contributed by atoms with Crippen molar-refractivity contribution in [2.45, 2.75) is 40.2 Å². The van der Waals surface area contributed by atoms with E-state index in [4.69, 9.17) is 0 Å². The van der Waals surface area contributed by atoms with Crippen LogP contribution in [0.5, 0.6) is 0 Å². The van der Waals surface area contributed by atoms with E-state index in [1.165, 1.54) is 32.4 Å². The number of hydrogen-bond donors (Lipinski definition) is 0. The summed E-state index contributed by atoms with van der Waals surface area (Å²) in [6, 6.07) is 0. The number of hydrogen-bond acceptors (Lipinski definition) is 1.